The van der Waals surface area contributed by atoms with Crippen LogP contribution >= 0.6 is 0 Å². The quantitative estimate of drug-likeness (QED) is 0.355. The van der Waals surface area contributed by atoms with Gasteiger partial charge in [-0.15, -0.1) is 0 Å². The fraction of sp³-hybridized carbons (Fsp3) is 0.258. The first-order valence-corrected chi connectivity index (χ1v) is 13.0. The molecule has 3 aromatic carbocycles. The molecule has 194 valence electrons. The van der Waals surface area contributed by atoms with Gasteiger partial charge in [-0.1, -0.05) is 72.8 Å². The molecule has 0 bridgehead atoms. The Hall–Kier alpha value is -4.39. The van der Waals surface area contributed by atoms with Crippen molar-refractivity contribution in [3.8, 4) is 17.0 Å². The summed E-state index contributed by atoms with van der Waals surface area (Å²) in [6.45, 7) is 5.44. The molecule has 0 aliphatic carbocycles. The molecule has 0 saturated carbocycles. The van der Waals surface area contributed by atoms with Crippen molar-refractivity contribution in [1.29, 1.82) is 0 Å². The van der Waals surface area contributed by atoms with Gasteiger partial charge in [0.25, 0.3) is 5.91 Å². The number of hydrogen-bond acceptors (Lipinski definition) is 4. The first-order chi connectivity index (χ1) is 18.5. The molecule has 0 saturated heterocycles. The predicted molar refractivity (Wildman–Crippen MR) is 147 cm³/mol. The van der Waals surface area contributed by atoms with Crippen LogP contribution in [0.5, 0.6) is 5.75 Å². The monoisotopic (exact) mass is 508 g/mol. The van der Waals surface area contributed by atoms with E-state index in [0.29, 0.717) is 37.5 Å². The van der Waals surface area contributed by atoms with Crippen LogP contribution in [0.4, 0.5) is 0 Å². The van der Waals surface area contributed by atoms with Crippen LogP contribution in [0.15, 0.2) is 91.0 Å². The summed E-state index contributed by atoms with van der Waals surface area (Å²) in [4.78, 5) is 29.3. The molecule has 0 fully saturated rings. The minimum Gasteiger partial charge on any atom is -0.494 e. The van der Waals surface area contributed by atoms with Crippen molar-refractivity contribution in [3.63, 3.8) is 0 Å². The molecule has 2 heterocycles. The largest absolute Gasteiger partial charge is 0.494 e. The van der Waals surface area contributed by atoms with E-state index in [-0.39, 0.29) is 18.4 Å². The molecule has 1 aliphatic heterocycles. The maximum atomic E-state index is 13.9. The third kappa shape index (κ3) is 5.18. The number of benzene rings is 3. The number of aromatic nitrogens is 2. The van der Waals surface area contributed by atoms with E-state index in [0.717, 1.165) is 22.4 Å². The van der Waals surface area contributed by atoms with Crippen molar-refractivity contribution in [3.05, 3.63) is 108 Å². The lowest BCUT2D eigenvalue weighted by Crippen LogP contribution is -2.64. The second kappa shape index (κ2) is 10.9. The van der Waals surface area contributed by atoms with E-state index in [1.807, 2.05) is 105 Å². The highest BCUT2D eigenvalue weighted by molar-refractivity contribution is 6.00. The predicted octanol–water partition coefficient (Wildman–Crippen LogP) is 4.72. The van der Waals surface area contributed by atoms with E-state index in [1.54, 1.807) is 9.58 Å². The Morgan fingerprint density at radius 2 is 1.66 bits per heavy atom. The van der Waals surface area contributed by atoms with Crippen LogP contribution in [0.3, 0.4) is 0 Å². The second-order valence-corrected chi connectivity index (χ2v) is 9.66. The van der Waals surface area contributed by atoms with Crippen molar-refractivity contribution < 1.29 is 14.3 Å². The lowest BCUT2D eigenvalue weighted by atomic mass is 9.94. The van der Waals surface area contributed by atoms with Crippen LogP contribution in [0.25, 0.3) is 11.3 Å². The third-order valence-electron chi connectivity index (χ3n) is 7.01. The van der Waals surface area contributed by atoms with Gasteiger partial charge in [0.15, 0.2) is 0 Å². The number of ether oxygens (including phenoxy) is 1. The molecule has 0 spiro atoms. The number of carbonyl (C=O) groups is 2. The third-order valence-corrected chi connectivity index (χ3v) is 7.01. The standard InChI is InChI=1S/C31H32N4O3/c1-3-38-26-16-14-23(15-17-26)18-19-34-29(36)28-20-27(25-12-8-5-9-13-25)33-35(28)22-31(34,2)30(37)32-21-24-10-6-4-7-11-24/h4-17,20H,3,18-19,21-22H2,1-2H3,(H,32,37). The highest BCUT2D eigenvalue weighted by Crippen LogP contribution is 2.30. The Balaban J connectivity index is 1.42. The smallest absolute Gasteiger partial charge is 0.273 e. The summed E-state index contributed by atoms with van der Waals surface area (Å²) < 4.78 is 7.23. The highest BCUT2D eigenvalue weighted by atomic mass is 16.5. The normalized spacial score (nSPS) is 16.7. The molecule has 5 rings (SSSR count). The summed E-state index contributed by atoms with van der Waals surface area (Å²) in [6.07, 6.45) is 0.610. The van der Waals surface area contributed by atoms with Crippen LogP contribution < -0.4 is 10.1 Å². The number of fused-ring (bicyclic) bond motifs is 1. The Kier molecular flexibility index (Phi) is 7.26. The molecule has 2 amide bonds. The SMILES string of the molecule is CCOc1ccc(CCN2C(=O)c3cc(-c4ccccc4)nn3CC2(C)C(=O)NCc2ccccc2)cc1. The molecule has 1 N–H and O–H groups in total. The van der Waals surface area contributed by atoms with Crippen LogP contribution in [-0.2, 0) is 24.3 Å². The molecule has 0 radical (unpaired) electrons. The zero-order valence-corrected chi connectivity index (χ0v) is 21.8. The van der Waals surface area contributed by atoms with Crippen LogP contribution in [0.2, 0.25) is 0 Å². The van der Waals surface area contributed by atoms with Crippen LogP contribution in [-0.4, -0.2) is 45.2 Å². The van der Waals surface area contributed by atoms with E-state index in [9.17, 15) is 9.59 Å². The molecule has 1 atom stereocenters. The number of amides is 2. The first kappa shape index (κ1) is 25.3. The molecule has 7 nitrogen and oxygen atoms in total. The van der Waals surface area contributed by atoms with E-state index in [4.69, 9.17) is 9.84 Å². The van der Waals surface area contributed by atoms with Gasteiger partial charge in [0.05, 0.1) is 18.8 Å². The molecule has 7 heteroatoms. The summed E-state index contributed by atoms with van der Waals surface area (Å²) in [5.74, 6) is 0.408. The van der Waals surface area contributed by atoms with Crippen LogP contribution in [0, 0.1) is 0 Å². The van der Waals surface area contributed by atoms with Gasteiger partial charge in [0.2, 0.25) is 5.91 Å². The van der Waals surface area contributed by atoms with Gasteiger partial charge in [-0.3, -0.25) is 14.3 Å². The molecule has 4 aromatic rings. The summed E-state index contributed by atoms with van der Waals surface area (Å²) in [7, 11) is 0. The second-order valence-electron chi connectivity index (χ2n) is 9.66. The first-order valence-electron chi connectivity index (χ1n) is 13.0. The average Bonchev–Trinajstić information content (AvgIpc) is 3.37. The van der Waals surface area contributed by atoms with Gasteiger partial charge in [0.1, 0.15) is 17.0 Å². The lowest BCUT2D eigenvalue weighted by Gasteiger charge is -2.43. The molecule has 1 aliphatic rings. The fourth-order valence-corrected chi connectivity index (χ4v) is 4.87. The summed E-state index contributed by atoms with van der Waals surface area (Å²) in [5, 5.41) is 7.78. The van der Waals surface area contributed by atoms with Crippen molar-refractivity contribution in [1.82, 2.24) is 20.0 Å². The minimum atomic E-state index is -1.11. The number of carbonyl (C=O) groups excluding carboxylic acids is 2. The van der Waals surface area contributed by atoms with Gasteiger partial charge in [-0.05, 0) is 49.6 Å². The van der Waals surface area contributed by atoms with Gasteiger partial charge >= 0.3 is 0 Å². The summed E-state index contributed by atoms with van der Waals surface area (Å²) in [5.41, 5.74) is 3.09. The number of rotatable bonds is 9. The highest BCUT2D eigenvalue weighted by Gasteiger charge is 2.47. The molecule has 38 heavy (non-hydrogen) atoms. The Labute approximate surface area is 223 Å². The minimum absolute atomic E-state index is 0.200. The summed E-state index contributed by atoms with van der Waals surface area (Å²) in [6, 6.07) is 29.2. The van der Waals surface area contributed by atoms with Crippen molar-refractivity contribution in [2.75, 3.05) is 13.2 Å². The summed E-state index contributed by atoms with van der Waals surface area (Å²) >= 11 is 0. The average molecular weight is 509 g/mol. The van der Waals surface area contributed by atoms with E-state index in [2.05, 4.69) is 5.32 Å². The zero-order chi connectivity index (χ0) is 26.5. The topological polar surface area (TPSA) is 76.5 Å². The van der Waals surface area contributed by atoms with E-state index < -0.39 is 5.54 Å². The Bertz CT molecular complexity index is 1400. The van der Waals surface area contributed by atoms with Crippen molar-refractivity contribution in [2.24, 2.45) is 0 Å². The maximum absolute atomic E-state index is 13.9. The molecule has 1 aromatic heterocycles. The fourth-order valence-electron chi connectivity index (χ4n) is 4.87. The van der Waals surface area contributed by atoms with Crippen molar-refractivity contribution in [2.45, 2.75) is 38.9 Å². The van der Waals surface area contributed by atoms with Gasteiger partial charge in [0, 0.05) is 18.7 Å². The van der Waals surface area contributed by atoms with Gasteiger partial charge in [-0.2, -0.15) is 5.10 Å². The molecule has 1 unspecified atom stereocenters. The lowest BCUT2D eigenvalue weighted by molar-refractivity contribution is -0.133. The number of nitrogens with zero attached hydrogens (tertiary/aromatic N) is 3. The number of hydrogen-bond donors (Lipinski definition) is 1. The Morgan fingerprint density at radius 1 is 0.974 bits per heavy atom. The zero-order valence-electron chi connectivity index (χ0n) is 21.8. The van der Waals surface area contributed by atoms with Gasteiger partial charge in [-0.25, -0.2) is 0 Å². The van der Waals surface area contributed by atoms with Gasteiger partial charge < -0.3 is 15.0 Å². The molecular weight excluding hydrogens is 476 g/mol. The van der Waals surface area contributed by atoms with E-state index in [1.165, 1.54) is 0 Å². The Morgan fingerprint density at radius 3 is 2.34 bits per heavy atom. The number of nitrogens with one attached hydrogen (secondary N) is 1. The molecular formula is C31H32N4O3. The maximum Gasteiger partial charge on any atom is 0.273 e. The van der Waals surface area contributed by atoms with Crippen molar-refractivity contribution >= 4 is 11.8 Å². The van der Waals surface area contributed by atoms with E-state index >= 15 is 0 Å². The van der Waals surface area contributed by atoms with Crippen LogP contribution in [0.1, 0.15) is 35.5 Å².